The fourth-order valence-corrected chi connectivity index (χ4v) is 2.83. The number of aromatic amines is 1. The molecule has 0 saturated carbocycles. The average Bonchev–Trinajstić information content (AvgIpc) is 2.87. The van der Waals surface area contributed by atoms with Crippen LogP contribution in [0.15, 0.2) is 42.7 Å². The van der Waals surface area contributed by atoms with Crippen LogP contribution in [0, 0.1) is 6.92 Å². The van der Waals surface area contributed by atoms with Gasteiger partial charge < -0.3 is 10.7 Å². The van der Waals surface area contributed by atoms with Crippen LogP contribution < -0.4 is 5.73 Å². The van der Waals surface area contributed by atoms with Crippen LogP contribution in [0.3, 0.4) is 0 Å². The Morgan fingerprint density at radius 2 is 1.90 bits per heavy atom. The third-order valence-electron chi connectivity index (χ3n) is 3.91. The van der Waals surface area contributed by atoms with Crippen molar-refractivity contribution in [3.8, 4) is 11.3 Å². The van der Waals surface area contributed by atoms with Crippen molar-refractivity contribution in [3.63, 3.8) is 0 Å². The summed E-state index contributed by atoms with van der Waals surface area (Å²) < 4.78 is 0. The normalized spacial score (nSPS) is 11.1. The molecule has 0 spiro atoms. The Labute approximate surface area is 125 Å². The smallest absolute Gasteiger partial charge is 0.0498 e. The maximum Gasteiger partial charge on any atom is 0.0498 e. The van der Waals surface area contributed by atoms with Crippen LogP contribution in [-0.2, 0) is 6.42 Å². The van der Waals surface area contributed by atoms with Gasteiger partial charge in [-0.05, 0) is 62.6 Å². The number of hydrogen-bond acceptors (Lipinski definition) is 2. The van der Waals surface area contributed by atoms with Gasteiger partial charge >= 0.3 is 0 Å². The first-order valence-electron chi connectivity index (χ1n) is 7.51. The van der Waals surface area contributed by atoms with Gasteiger partial charge in [0.25, 0.3) is 0 Å². The van der Waals surface area contributed by atoms with Crippen LogP contribution in [0.2, 0.25) is 0 Å². The van der Waals surface area contributed by atoms with Crippen molar-refractivity contribution in [2.45, 2.75) is 26.2 Å². The monoisotopic (exact) mass is 279 g/mol. The van der Waals surface area contributed by atoms with Crippen molar-refractivity contribution >= 4 is 10.9 Å². The molecule has 0 aliphatic rings. The summed E-state index contributed by atoms with van der Waals surface area (Å²) in [4.78, 5) is 7.69. The number of fused-ring (bicyclic) bond motifs is 1. The molecule has 108 valence electrons. The van der Waals surface area contributed by atoms with E-state index in [4.69, 9.17) is 5.73 Å². The molecule has 21 heavy (non-hydrogen) atoms. The summed E-state index contributed by atoms with van der Waals surface area (Å²) in [5, 5.41) is 1.33. The van der Waals surface area contributed by atoms with E-state index in [1.807, 2.05) is 12.4 Å². The molecule has 2 aromatic heterocycles. The summed E-state index contributed by atoms with van der Waals surface area (Å²) in [6.45, 7) is 2.90. The van der Waals surface area contributed by atoms with Gasteiger partial charge in [0.2, 0.25) is 0 Å². The van der Waals surface area contributed by atoms with Gasteiger partial charge in [0.15, 0.2) is 0 Å². The fourth-order valence-electron chi connectivity index (χ4n) is 2.83. The van der Waals surface area contributed by atoms with Crippen LogP contribution in [-0.4, -0.2) is 16.5 Å². The Balaban J connectivity index is 2.11. The molecule has 0 fully saturated rings. The zero-order valence-electron chi connectivity index (χ0n) is 12.4. The molecule has 3 N–H and O–H groups in total. The van der Waals surface area contributed by atoms with Crippen molar-refractivity contribution in [2.24, 2.45) is 5.73 Å². The number of H-pyrrole nitrogens is 1. The van der Waals surface area contributed by atoms with E-state index in [0.29, 0.717) is 0 Å². The van der Waals surface area contributed by atoms with Crippen LogP contribution in [0.25, 0.3) is 22.2 Å². The van der Waals surface area contributed by atoms with Crippen molar-refractivity contribution in [1.29, 1.82) is 0 Å². The molecule has 0 atom stereocenters. The molecule has 3 aromatic rings. The zero-order valence-corrected chi connectivity index (χ0v) is 12.4. The predicted octanol–water partition coefficient (Wildman–Crippen LogP) is 3.82. The molecule has 3 rings (SSSR count). The van der Waals surface area contributed by atoms with E-state index < -0.39 is 0 Å². The second-order valence-electron chi connectivity index (χ2n) is 5.51. The average molecular weight is 279 g/mol. The minimum Gasteiger partial charge on any atom is -0.354 e. The van der Waals surface area contributed by atoms with Gasteiger partial charge in [-0.3, -0.25) is 4.98 Å². The highest BCUT2D eigenvalue weighted by molar-refractivity contribution is 5.91. The highest BCUT2D eigenvalue weighted by atomic mass is 14.7. The van der Waals surface area contributed by atoms with E-state index in [2.05, 4.69) is 47.2 Å². The first-order chi connectivity index (χ1) is 10.3. The van der Waals surface area contributed by atoms with E-state index in [1.165, 1.54) is 33.3 Å². The van der Waals surface area contributed by atoms with Crippen molar-refractivity contribution in [1.82, 2.24) is 9.97 Å². The Kier molecular flexibility index (Phi) is 4.02. The van der Waals surface area contributed by atoms with Gasteiger partial charge in [-0.25, -0.2) is 0 Å². The molecule has 2 heterocycles. The summed E-state index contributed by atoms with van der Waals surface area (Å²) in [6.07, 6.45) is 6.92. The first kappa shape index (κ1) is 13.8. The molecular weight excluding hydrogens is 258 g/mol. The van der Waals surface area contributed by atoms with E-state index in [0.717, 1.165) is 25.8 Å². The van der Waals surface area contributed by atoms with Gasteiger partial charge in [0.05, 0.1) is 0 Å². The Bertz CT molecular complexity index is 729. The molecule has 0 aliphatic heterocycles. The van der Waals surface area contributed by atoms with E-state index in [1.54, 1.807) is 0 Å². The second kappa shape index (κ2) is 6.10. The number of hydrogen-bond donors (Lipinski definition) is 2. The minimum absolute atomic E-state index is 0.756. The summed E-state index contributed by atoms with van der Waals surface area (Å²) in [5.41, 5.74) is 11.9. The lowest BCUT2D eigenvalue weighted by Gasteiger charge is -2.05. The molecule has 0 amide bonds. The van der Waals surface area contributed by atoms with Crippen molar-refractivity contribution < 1.29 is 0 Å². The summed E-state index contributed by atoms with van der Waals surface area (Å²) >= 11 is 0. The quantitative estimate of drug-likeness (QED) is 0.698. The SMILES string of the molecule is Cc1ccc2[nH]c(-c3ccncc3)c(CCCCN)c2c1. The van der Waals surface area contributed by atoms with Gasteiger partial charge in [-0.15, -0.1) is 0 Å². The molecule has 0 radical (unpaired) electrons. The summed E-state index contributed by atoms with van der Waals surface area (Å²) in [5.74, 6) is 0. The Hall–Kier alpha value is -2.13. The number of benzene rings is 1. The zero-order chi connectivity index (χ0) is 14.7. The molecule has 0 bridgehead atoms. The molecule has 1 aromatic carbocycles. The maximum atomic E-state index is 5.64. The Morgan fingerprint density at radius 1 is 1.10 bits per heavy atom. The standard InChI is InChI=1S/C18H21N3/c1-13-5-6-17-16(12-13)15(4-2-3-9-19)18(21-17)14-7-10-20-11-8-14/h5-8,10-12,21H,2-4,9,19H2,1H3. The van der Waals surface area contributed by atoms with E-state index in [9.17, 15) is 0 Å². The first-order valence-corrected chi connectivity index (χ1v) is 7.51. The third kappa shape index (κ3) is 2.83. The Morgan fingerprint density at radius 3 is 2.67 bits per heavy atom. The van der Waals surface area contributed by atoms with Gasteiger partial charge in [0.1, 0.15) is 0 Å². The summed E-state index contributed by atoms with van der Waals surface area (Å²) in [7, 11) is 0. The lowest BCUT2D eigenvalue weighted by Crippen LogP contribution is -1.99. The van der Waals surface area contributed by atoms with Gasteiger partial charge in [0, 0.05) is 34.6 Å². The molecule has 0 unspecified atom stereocenters. The van der Waals surface area contributed by atoms with Crippen LogP contribution in [0.4, 0.5) is 0 Å². The van der Waals surface area contributed by atoms with Crippen LogP contribution in [0.1, 0.15) is 24.0 Å². The lowest BCUT2D eigenvalue weighted by atomic mass is 10.00. The summed E-state index contributed by atoms with van der Waals surface area (Å²) in [6, 6.07) is 10.7. The number of aryl methyl sites for hydroxylation is 2. The molecule has 0 saturated heterocycles. The van der Waals surface area contributed by atoms with Crippen LogP contribution in [0.5, 0.6) is 0 Å². The highest BCUT2D eigenvalue weighted by Crippen LogP contribution is 2.31. The molecule has 0 aliphatic carbocycles. The van der Waals surface area contributed by atoms with E-state index >= 15 is 0 Å². The van der Waals surface area contributed by atoms with E-state index in [-0.39, 0.29) is 0 Å². The lowest BCUT2D eigenvalue weighted by molar-refractivity contribution is 0.748. The number of aromatic nitrogens is 2. The largest absolute Gasteiger partial charge is 0.354 e. The number of pyridine rings is 1. The highest BCUT2D eigenvalue weighted by Gasteiger charge is 2.12. The molecular formula is C18H21N3. The molecule has 3 heteroatoms. The minimum atomic E-state index is 0.756. The van der Waals surface area contributed by atoms with Crippen LogP contribution >= 0.6 is 0 Å². The number of unbranched alkanes of at least 4 members (excludes halogenated alkanes) is 1. The fraction of sp³-hybridized carbons (Fsp3) is 0.278. The van der Waals surface area contributed by atoms with Crippen molar-refractivity contribution in [3.05, 3.63) is 53.9 Å². The number of nitrogens with zero attached hydrogens (tertiary/aromatic N) is 1. The number of nitrogens with one attached hydrogen (secondary N) is 1. The maximum absolute atomic E-state index is 5.64. The van der Waals surface area contributed by atoms with Crippen molar-refractivity contribution in [2.75, 3.05) is 6.54 Å². The number of rotatable bonds is 5. The predicted molar refractivity (Wildman–Crippen MR) is 88.3 cm³/mol. The topological polar surface area (TPSA) is 54.7 Å². The second-order valence-corrected chi connectivity index (χ2v) is 5.51. The third-order valence-corrected chi connectivity index (χ3v) is 3.91. The molecule has 3 nitrogen and oxygen atoms in total. The number of nitrogens with two attached hydrogens (primary N) is 1. The van der Waals surface area contributed by atoms with Gasteiger partial charge in [-0.2, -0.15) is 0 Å². The van der Waals surface area contributed by atoms with Gasteiger partial charge in [-0.1, -0.05) is 11.6 Å².